The topological polar surface area (TPSA) is 76.0 Å². The van der Waals surface area contributed by atoms with E-state index in [0.717, 1.165) is 5.69 Å². The highest BCUT2D eigenvalue weighted by Crippen LogP contribution is 2.23. The molecular formula is C18H15ClN4O2. The third kappa shape index (κ3) is 3.54. The molecule has 2 aromatic carbocycles. The Labute approximate surface area is 149 Å². The number of hydrogen-bond donors (Lipinski definition) is 2. The Morgan fingerprint density at radius 1 is 0.920 bits per heavy atom. The van der Waals surface area contributed by atoms with Crippen LogP contribution >= 0.6 is 11.6 Å². The number of benzene rings is 2. The Balaban J connectivity index is 1.77. The maximum Gasteiger partial charge on any atom is 0.274 e. The van der Waals surface area contributed by atoms with Crippen LogP contribution in [0.15, 0.2) is 60.7 Å². The van der Waals surface area contributed by atoms with Crippen molar-refractivity contribution in [3.63, 3.8) is 0 Å². The molecule has 2 amide bonds. The monoisotopic (exact) mass is 354 g/mol. The van der Waals surface area contributed by atoms with Gasteiger partial charge in [0.05, 0.1) is 11.4 Å². The fraction of sp³-hybridized carbons (Fsp3) is 0.0556. The van der Waals surface area contributed by atoms with Gasteiger partial charge in [0.2, 0.25) is 0 Å². The summed E-state index contributed by atoms with van der Waals surface area (Å²) in [4.78, 5) is 24.4. The van der Waals surface area contributed by atoms with Crippen LogP contribution in [-0.2, 0) is 0 Å². The molecular weight excluding hydrogens is 340 g/mol. The number of nitrogens with one attached hydrogen (secondary N) is 2. The minimum Gasteiger partial charge on any atom is -0.267 e. The average molecular weight is 355 g/mol. The van der Waals surface area contributed by atoms with E-state index in [1.807, 2.05) is 30.3 Å². The van der Waals surface area contributed by atoms with Crippen molar-refractivity contribution in [2.45, 2.75) is 6.92 Å². The quantitative estimate of drug-likeness (QED) is 0.710. The van der Waals surface area contributed by atoms with Gasteiger partial charge >= 0.3 is 0 Å². The van der Waals surface area contributed by atoms with Gasteiger partial charge in [0.1, 0.15) is 10.7 Å². The van der Waals surface area contributed by atoms with Gasteiger partial charge in [-0.3, -0.25) is 20.4 Å². The highest BCUT2D eigenvalue weighted by Gasteiger charge is 2.21. The average Bonchev–Trinajstić information content (AvgIpc) is 2.95. The first-order valence-corrected chi connectivity index (χ1v) is 7.92. The predicted molar refractivity (Wildman–Crippen MR) is 94.7 cm³/mol. The van der Waals surface area contributed by atoms with Crippen molar-refractivity contribution in [2.75, 3.05) is 0 Å². The van der Waals surface area contributed by atoms with Crippen LogP contribution < -0.4 is 10.9 Å². The maximum absolute atomic E-state index is 12.4. The van der Waals surface area contributed by atoms with Gasteiger partial charge in [-0.25, -0.2) is 4.68 Å². The van der Waals surface area contributed by atoms with Gasteiger partial charge in [0.15, 0.2) is 0 Å². The number of hydrogen-bond acceptors (Lipinski definition) is 3. The van der Waals surface area contributed by atoms with Crippen molar-refractivity contribution in [1.82, 2.24) is 20.6 Å². The first kappa shape index (κ1) is 16.7. The van der Waals surface area contributed by atoms with Crippen molar-refractivity contribution >= 4 is 23.4 Å². The lowest BCUT2D eigenvalue weighted by atomic mass is 10.2. The van der Waals surface area contributed by atoms with Crippen LogP contribution in [0.25, 0.3) is 5.69 Å². The summed E-state index contributed by atoms with van der Waals surface area (Å²) in [7, 11) is 0. The van der Waals surface area contributed by atoms with Crippen LogP contribution in [0.2, 0.25) is 5.15 Å². The second-order valence-electron chi connectivity index (χ2n) is 5.27. The molecule has 0 saturated heterocycles. The molecule has 0 spiro atoms. The van der Waals surface area contributed by atoms with Gasteiger partial charge in [-0.2, -0.15) is 5.10 Å². The molecule has 7 heteroatoms. The van der Waals surface area contributed by atoms with Gasteiger partial charge in [0.25, 0.3) is 11.8 Å². The number of hydrazine groups is 1. The number of aromatic nitrogens is 2. The van der Waals surface area contributed by atoms with E-state index in [1.54, 1.807) is 37.3 Å². The summed E-state index contributed by atoms with van der Waals surface area (Å²) in [5.74, 6) is -0.952. The summed E-state index contributed by atoms with van der Waals surface area (Å²) in [5.41, 5.74) is 6.57. The molecule has 1 heterocycles. The number of halogens is 1. The molecule has 0 aliphatic rings. The van der Waals surface area contributed by atoms with Crippen molar-refractivity contribution in [3.05, 3.63) is 82.6 Å². The molecule has 6 nitrogen and oxygen atoms in total. The Kier molecular flexibility index (Phi) is 4.81. The van der Waals surface area contributed by atoms with Crippen LogP contribution in [0.5, 0.6) is 0 Å². The number of para-hydroxylation sites is 1. The number of nitrogens with zero attached hydrogens (tertiary/aromatic N) is 2. The van der Waals surface area contributed by atoms with Crippen molar-refractivity contribution in [3.8, 4) is 5.69 Å². The van der Waals surface area contributed by atoms with Crippen LogP contribution in [0.1, 0.15) is 26.4 Å². The van der Waals surface area contributed by atoms with E-state index in [1.165, 1.54) is 4.68 Å². The largest absolute Gasteiger partial charge is 0.274 e. The van der Waals surface area contributed by atoms with Gasteiger partial charge < -0.3 is 0 Å². The van der Waals surface area contributed by atoms with Gasteiger partial charge in [0, 0.05) is 5.56 Å². The van der Waals surface area contributed by atoms with E-state index in [2.05, 4.69) is 16.0 Å². The molecule has 0 saturated carbocycles. The second-order valence-corrected chi connectivity index (χ2v) is 5.63. The van der Waals surface area contributed by atoms with Crippen molar-refractivity contribution in [1.29, 1.82) is 0 Å². The molecule has 3 rings (SSSR count). The summed E-state index contributed by atoms with van der Waals surface area (Å²) < 4.78 is 1.48. The molecule has 0 bridgehead atoms. The number of aryl methyl sites for hydroxylation is 1. The third-order valence-electron chi connectivity index (χ3n) is 3.56. The molecule has 0 radical (unpaired) electrons. The zero-order valence-corrected chi connectivity index (χ0v) is 14.1. The number of rotatable bonds is 3. The van der Waals surface area contributed by atoms with Crippen molar-refractivity contribution in [2.24, 2.45) is 0 Å². The Bertz CT molecular complexity index is 908. The first-order chi connectivity index (χ1) is 12.1. The molecule has 1 aromatic heterocycles. The first-order valence-electron chi connectivity index (χ1n) is 7.54. The highest BCUT2D eigenvalue weighted by atomic mass is 35.5. The normalized spacial score (nSPS) is 10.3. The lowest BCUT2D eigenvalue weighted by molar-refractivity contribution is 0.0846. The Morgan fingerprint density at radius 2 is 1.48 bits per heavy atom. The number of carbonyl (C=O) groups is 2. The fourth-order valence-electron chi connectivity index (χ4n) is 2.34. The summed E-state index contributed by atoms with van der Waals surface area (Å²) >= 11 is 6.32. The third-order valence-corrected chi connectivity index (χ3v) is 3.91. The molecule has 0 atom stereocenters. The van der Waals surface area contributed by atoms with E-state index in [0.29, 0.717) is 11.3 Å². The lowest BCUT2D eigenvalue weighted by Gasteiger charge is -2.07. The second kappa shape index (κ2) is 7.19. The standard InChI is InChI=1S/C18H15ClN4O2/c1-12-15(16(19)23(22-12)14-10-6-3-7-11-14)18(25)21-20-17(24)13-8-4-2-5-9-13/h2-11H,1H3,(H,20,24)(H,21,25). The molecule has 0 aliphatic carbocycles. The lowest BCUT2D eigenvalue weighted by Crippen LogP contribution is -2.41. The molecule has 126 valence electrons. The minimum atomic E-state index is -0.533. The maximum atomic E-state index is 12.4. The SMILES string of the molecule is Cc1nn(-c2ccccc2)c(Cl)c1C(=O)NNC(=O)c1ccccc1. The van der Waals surface area contributed by atoms with Crippen LogP contribution in [0.4, 0.5) is 0 Å². The predicted octanol–water partition coefficient (Wildman–Crippen LogP) is 2.91. The van der Waals surface area contributed by atoms with Gasteiger partial charge in [-0.15, -0.1) is 0 Å². The smallest absolute Gasteiger partial charge is 0.267 e. The summed E-state index contributed by atoms with van der Waals surface area (Å²) in [6.07, 6.45) is 0. The van der Waals surface area contributed by atoms with Crippen LogP contribution in [0, 0.1) is 6.92 Å². The zero-order chi connectivity index (χ0) is 17.8. The highest BCUT2D eigenvalue weighted by molar-refractivity contribution is 6.33. The number of carbonyl (C=O) groups excluding carboxylic acids is 2. The van der Waals surface area contributed by atoms with E-state index in [9.17, 15) is 9.59 Å². The van der Waals surface area contributed by atoms with Gasteiger partial charge in [-0.05, 0) is 31.2 Å². The summed E-state index contributed by atoms with van der Waals surface area (Å²) in [5, 5.41) is 4.47. The van der Waals surface area contributed by atoms with E-state index >= 15 is 0 Å². The summed E-state index contributed by atoms with van der Waals surface area (Å²) in [6.45, 7) is 1.68. The Hall–Kier alpha value is -3.12. The summed E-state index contributed by atoms with van der Waals surface area (Å²) in [6, 6.07) is 17.8. The fourth-order valence-corrected chi connectivity index (χ4v) is 2.69. The molecule has 25 heavy (non-hydrogen) atoms. The molecule has 3 aromatic rings. The minimum absolute atomic E-state index is 0.176. The molecule has 2 N–H and O–H groups in total. The van der Waals surface area contributed by atoms with E-state index < -0.39 is 11.8 Å². The van der Waals surface area contributed by atoms with Crippen LogP contribution in [-0.4, -0.2) is 21.6 Å². The van der Waals surface area contributed by atoms with Crippen LogP contribution in [0.3, 0.4) is 0 Å². The van der Waals surface area contributed by atoms with Crippen molar-refractivity contribution < 1.29 is 9.59 Å². The molecule has 0 fully saturated rings. The van der Waals surface area contributed by atoms with Gasteiger partial charge in [-0.1, -0.05) is 48.0 Å². The molecule has 0 unspecified atom stereocenters. The zero-order valence-electron chi connectivity index (χ0n) is 13.4. The van der Waals surface area contributed by atoms with E-state index in [4.69, 9.17) is 11.6 Å². The Morgan fingerprint density at radius 3 is 2.12 bits per heavy atom. The number of amides is 2. The van der Waals surface area contributed by atoms with E-state index in [-0.39, 0.29) is 10.7 Å². The molecule has 0 aliphatic heterocycles.